The molecule has 0 saturated heterocycles. The number of amides is 2. The molecule has 1 aromatic heterocycles. The van der Waals surface area contributed by atoms with Crippen molar-refractivity contribution in [1.29, 1.82) is 0 Å². The third kappa shape index (κ3) is 8.65. The van der Waals surface area contributed by atoms with Gasteiger partial charge in [0.2, 0.25) is 0 Å². The Kier molecular flexibility index (Phi) is 9.60. The van der Waals surface area contributed by atoms with Gasteiger partial charge in [0.1, 0.15) is 11.2 Å². The summed E-state index contributed by atoms with van der Waals surface area (Å²) < 4.78 is 11.0. The molecule has 3 aromatic rings. The summed E-state index contributed by atoms with van der Waals surface area (Å²) in [5, 5.41) is 24.0. The number of aliphatic hydroxyl groups excluding tert-OH is 1. The molecule has 0 aliphatic rings. The number of anilines is 2. The van der Waals surface area contributed by atoms with Gasteiger partial charge >= 0.3 is 18.2 Å². The first-order valence-corrected chi connectivity index (χ1v) is 13.5. The maximum Gasteiger partial charge on any atom is 0.425 e. The van der Waals surface area contributed by atoms with Crippen LogP contribution in [0.4, 0.5) is 21.1 Å². The first-order chi connectivity index (χ1) is 19.1. The highest BCUT2D eigenvalue weighted by molar-refractivity contribution is 6.14. The van der Waals surface area contributed by atoms with Crippen molar-refractivity contribution >= 4 is 40.4 Å². The van der Waals surface area contributed by atoms with Crippen molar-refractivity contribution in [3.8, 4) is 0 Å². The second kappa shape index (κ2) is 12.6. The van der Waals surface area contributed by atoms with Crippen LogP contribution in [-0.4, -0.2) is 50.7 Å². The molecule has 10 nitrogen and oxygen atoms in total. The molecule has 2 aromatic carbocycles. The van der Waals surface area contributed by atoms with Gasteiger partial charge < -0.3 is 25.0 Å². The van der Waals surface area contributed by atoms with Gasteiger partial charge in [0, 0.05) is 17.3 Å². The Morgan fingerprint density at radius 2 is 1.51 bits per heavy atom. The number of nitrogens with one attached hydrogen (secondary N) is 1. The number of ether oxygens (including phenoxy) is 2. The predicted octanol–water partition coefficient (Wildman–Crippen LogP) is 6.46. The van der Waals surface area contributed by atoms with E-state index in [0.717, 1.165) is 10.5 Å². The fourth-order valence-electron chi connectivity index (χ4n) is 4.01. The van der Waals surface area contributed by atoms with E-state index in [1.54, 1.807) is 77.9 Å². The summed E-state index contributed by atoms with van der Waals surface area (Å²) in [5.74, 6) is -1.04. The van der Waals surface area contributed by atoms with Gasteiger partial charge in [0.25, 0.3) is 0 Å². The van der Waals surface area contributed by atoms with Crippen molar-refractivity contribution in [3.63, 3.8) is 0 Å². The fraction of sp³-hybridized carbons (Fsp3) is 0.419. The number of carbonyl (C=O) groups is 3. The lowest BCUT2D eigenvalue weighted by Gasteiger charge is -2.28. The van der Waals surface area contributed by atoms with Crippen LogP contribution in [0, 0.1) is 0 Å². The average Bonchev–Trinajstić information content (AvgIpc) is 2.85. The Hall–Kier alpha value is -4.18. The van der Waals surface area contributed by atoms with Crippen molar-refractivity contribution in [2.45, 2.75) is 84.7 Å². The van der Waals surface area contributed by atoms with Crippen molar-refractivity contribution < 1.29 is 34.1 Å². The van der Waals surface area contributed by atoms with Crippen LogP contribution >= 0.6 is 0 Å². The SMILES string of the molecule is CCC(O)Cc1ccc(C(Nc2ccc3c(N(C(=O)OC(C)(C)C)C(=O)OC(C)(C)C)nccc3c2)C(=O)O)cc1. The number of aromatic nitrogens is 1. The van der Waals surface area contributed by atoms with Gasteiger partial charge in [-0.1, -0.05) is 31.2 Å². The highest BCUT2D eigenvalue weighted by Crippen LogP contribution is 2.31. The van der Waals surface area contributed by atoms with Crippen LogP contribution in [0.1, 0.15) is 72.1 Å². The maximum absolute atomic E-state index is 13.1. The first-order valence-electron chi connectivity index (χ1n) is 13.5. The van der Waals surface area contributed by atoms with E-state index in [0.29, 0.717) is 34.9 Å². The number of carboxylic acids is 1. The Morgan fingerprint density at radius 3 is 2.02 bits per heavy atom. The van der Waals surface area contributed by atoms with Gasteiger partial charge in [-0.25, -0.2) is 19.4 Å². The molecule has 220 valence electrons. The number of carbonyl (C=O) groups excluding carboxylic acids is 2. The van der Waals surface area contributed by atoms with Gasteiger partial charge in [-0.05, 0) is 95.2 Å². The zero-order valence-corrected chi connectivity index (χ0v) is 24.6. The normalized spacial score (nSPS) is 13.3. The number of benzene rings is 2. The Balaban J connectivity index is 1.96. The summed E-state index contributed by atoms with van der Waals surface area (Å²) in [6.07, 6.45) is 0.249. The highest BCUT2D eigenvalue weighted by Gasteiger charge is 2.34. The number of nitrogens with zero attached hydrogens (tertiary/aromatic N) is 2. The van der Waals surface area contributed by atoms with E-state index in [1.165, 1.54) is 6.20 Å². The molecule has 1 heterocycles. The van der Waals surface area contributed by atoms with E-state index >= 15 is 0 Å². The molecule has 0 radical (unpaired) electrons. The molecule has 2 unspecified atom stereocenters. The van der Waals surface area contributed by atoms with Crippen molar-refractivity contribution in [2.24, 2.45) is 0 Å². The zero-order chi connectivity index (χ0) is 30.5. The number of hydrogen-bond donors (Lipinski definition) is 3. The number of pyridine rings is 1. The molecule has 0 aliphatic carbocycles. The van der Waals surface area contributed by atoms with Crippen molar-refractivity contribution in [3.05, 3.63) is 65.9 Å². The molecule has 3 N–H and O–H groups in total. The number of aliphatic carboxylic acids is 1. The topological polar surface area (TPSA) is 138 Å². The van der Waals surface area contributed by atoms with Crippen molar-refractivity contribution in [1.82, 2.24) is 4.98 Å². The van der Waals surface area contributed by atoms with Gasteiger partial charge in [-0.15, -0.1) is 0 Å². The summed E-state index contributed by atoms with van der Waals surface area (Å²) in [7, 11) is 0. The molecule has 41 heavy (non-hydrogen) atoms. The largest absolute Gasteiger partial charge is 0.479 e. The number of aliphatic hydroxyl groups is 1. The maximum atomic E-state index is 13.1. The van der Waals surface area contributed by atoms with E-state index < -0.39 is 41.5 Å². The summed E-state index contributed by atoms with van der Waals surface area (Å²) in [5.41, 5.74) is 0.215. The lowest BCUT2D eigenvalue weighted by molar-refractivity contribution is -0.138. The molecular formula is C31H39N3O7. The lowest BCUT2D eigenvalue weighted by Crippen LogP contribution is -2.44. The summed E-state index contributed by atoms with van der Waals surface area (Å²) in [6.45, 7) is 12.0. The monoisotopic (exact) mass is 565 g/mol. The number of imide groups is 1. The molecule has 0 saturated carbocycles. The molecule has 0 bridgehead atoms. The first kappa shape index (κ1) is 31.3. The second-order valence-corrected chi connectivity index (χ2v) is 11.8. The highest BCUT2D eigenvalue weighted by atomic mass is 16.6. The minimum Gasteiger partial charge on any atom is -0.479 e. The molecule has 0 spiro atoms. The lowest BCUT2D eigenvalue weighted by atomic mass is 10.0. The van der Waals surface area contributed by atoms with E-state index in [2.05, 4.69) is 10.3 Å². The minimum absolute atomic E-state index is 0.0252. The van der Waals surface area contributed by atoms with Crippen LogP contribution in [0.2, 0.25) is 0 Å². The molecule has 2 amide bonds. The van der Waals surface area contributed by atoms with Crippen LogP contribution in [0.3, 0.4) is 0 Å². The van der Waals surface area contributed by atoms with Crippen LogP contribution in [0.25, 0.3) is 10.8 Å². The predicted molar refractivity (Wildman–Crippen MR) is 157 cm³/mol. The molecular weight excluding hydrogens is 526 g/mol. The third-order valence-electron chi connectivity index (χ3n) is 5.92. The van der Waals surface area contributed by atoms with Gasteiger partial charge in [0.15, 0.2) is 11.9 Å². The number of hydrogen-bond acceptors (Lipinski definition) is 8. The molecule has 0 aliphatic heterocycles. The van der Waals surface area contributed by atoms with E-state index in [1.807, 2.05) is 19.1 Å². The molecule has 10 heteroatoms. The average molecular weight is 566 g/mol. The second-order valence-electron chi connectivity index (χ2n) is 11.8. The summed E-state index contributed by atoms with van der Waals surface area (Å²) in [4.78, 5) is 43.5. The van der Waals surface area contributed by atoms with Crippen molar-refractivity contribution in [2.75, 3.05) is 10.2 Å². The molecule has 0 fully saturated rings. The number of rotatable bonds is 8. The van der Waals surface area contributed by atoms with Crippen LogP contribution in [-0.2, 0) is 20.7 Å². The standard InChI is InChI=1S/C31H39N3O7/c1-8-23(35)17-19-9-11-20(12-10-19)25(27(36)37)33-22-13-14-24-21(18-22)15-16-32-26(24)34(28(38)40-30(2,3)4)29(39)41-31(5,6)7/h9-16,18,23,25,33,35H,8,17H2,1-7H3,(H,36,37). The third-order valence-corrected chi connectivity index (χ3v) is 5.92. The number of fused-ring (bicyclic) bond motifs is 1. The summed E-state index contributed by atoms with van der Waals surface area (Å²) >= 11 is 0. The summed E-state index contributed by atoms with van der Waals surface area (Å²) in [6, 6.07) is 12.7. The van der Waals surface area contributed by atoms with E-state index in [9.17, 15) is 24.6 Å². The van der Waals surface area contributed by atoms with Crippen LogP contribution in [0.5, 0.6) is 0 Å². The quantitative estimate of drug-likeness (QED) is 0.281. The van der Waals surface area contributed by atoms with E-state index in [4.69, 9.17) is 9.47 Å². The Bertz CT molecular complexity index is 1360. The molecule has 2 atom stereocenters. The van der Waals surface area contributed by atoms with Gasteiger partial charge in [0.05, 0.1) is 6.10 Å². The van der Waals surface area contributed by atoms with Gasteiger partial charge in [-0.3, -0.25) is 0 Å². The van der Waals surface area contributed by atoms with Crippen LogP contribution in [0.15, 0.2) is 54.7 Å². The van der Waals surface area contributed by atoms with E-state index in [-0.39, 0.29) is 5.82 Å². The van der Waals surface area contributed by atoms with Crippen LogP contribution < -0.4 is 10.2 Å². The minimum atomic E-state index is -1.07. The number of carboxylic acid groups (broad SMARTS) is 1. The smallest absolute Gasteiger partial charge is 0.425 e. The molecule has 3 rings (SSSR count). The Labute approximate surface area is 240 Å². The van der Waals surface area contributed by atoms with Gasteiger partial charge in [-0.2, -0.15) is 4.90 Å². The fourth-order valence-corrected chi connectivity index (χ4v) is 4.01. The Morgan fingerprint density at radius 1 is 0.927 bits per heavy atom. The zero-order valence-electron chi connectivity index (χ0n) is 24.6.